The van der Waals surface area contributed by atoms with Gasteiger partial charge in [-0.25, -0.2) is 15.0 Å². The highest BCUT2D eigenvalue weighted by Crippen LogP contribution is 2.31. The Hall–Kier alpha value is -1.97. The van der Waals surface area contributed by atoms with Crippen LogP contribution in [0.1, 0.15) is 31.2 Å². The van der Waals surface area contributed by atoms with Gasteiger partial charge in [-0.3, -0.25) is 0 Å². The number of aryl methyl sites for hydroxylation is 1. The predicted molar refractivity (Wildman–Crippen MR) is 70.6 cm³/mol. The van der Waals surface area contributed by atoms with Gasteiger partial charge in [-0.2, -0.15) is 0 Å². The molecule has 2 rings (SSSR count). The molecule has 2 aromatic rings. The van der Waals surface area contributed by atoms with Gasteiger partial charge in [0, 0.05) is 12.4 Å². The van der Waals surface area contributed by atoms with Crippen molar-refractivity contribution in [2.75, 3.05) is 7.11 Å². The summed E-state index contributed by atoms with van der Waals surface area (Å²) in [5.41, 5.74) is 2.92. The Morgan fingerprint density at radius 3 is 2.67 bits per heavy atom. The highest BCUT2D eigenvalue weighted by molar-refractivity contribution is 5.68. The van der Waals surface area contributed by atoms with Gasteiger partial charge in [0.25, 0.3) is 0 Å². The molecule has 0 saturated carbocycles. The Morgan fingerprint density at radius 2 is 2.00 bits per heavy atom. The number of rotatable bonds is 3. The van der Waals surface area contributed by atoms with Gasteiger partial charge >= 0.3 is 0 Å². The minimum Gasteiger partial charge on any atom is -0.481 e. The molecule has 0 spiro atoms. The highest BCUT2D eigenvalue weighted by atomic mass is 16.5. The maximum atomic E-state index is 5.30. The number of hydrogen-bond donors (Lipinski definition) is 0. The Kier molecular flexibility index (Phi) is 3.55. The van der Waals surface area contributed by atoms with E-state index in [0.29, 0.717) is 11.8 Å². The summed E-state index contributed by atoms with van der Waals surface area (Å²) >= 11 is 0. The van der Waals surface area contributed by atoms with E-state index in [-0.39, 0.29) is 0 Å². The summed E-state index contributed by atoms with van der Waals surface area (Å²) in [5, 5.41) is 0. The quantitative estimate of drug-likeness (QED) is 0.831. The highest BCUT2D eigenvalue weighted by Gasteiger charge is 2.15. The predicted octanol–water partition coefficient (Wildman–Crippen LogP) is 2.98. The van der Waals surface area contributed by atoms with Crippen molar-refractivity contribution in [3.8, 4) is 17.1 Å². The molecule has 94 valence electrons. The number of pyridine rings is 1. The van der Waals surface area contributed by atoms with Gasteiger partial charge in [-0.05, 0) is 30.5 Å². The molecule has 0 bridgehead atoms. The molecule has 0 aromatic carbocycles. The van der Waals surface area contributed by atoms with E-state index in [0.717, 1.165) is 22.6 Å². The normalized spacial score (nSPS) is 10.7. The molecule has 0 saturated heterocycles. The first-order valence-corrected chi connectivity index (χ1v) is 5.96. The smallest absolute Gasteiger partial charge is 0.222 e. The van der Waals surface area contributed by atoms with Crippen LogP contribution in [0.2, 0.25) is 0 Å². The summed E-state index contributed by atoms with van der Waals surface area (Å²) in [7, 11) is 1.62. The van der Waals surface area contributed by atoms with Crippen LogP contribution < -0.4 is 4.74 Å². The molecule has 0 atom stereocenters. The molecule has 2 aromatic heterocycles. The third-order valence-corrected chi connectivity index (χ3v) is 2.78. The minimum absolute atomic E-state index is 0.352. The number of methoxy groups -OCH3 is 1. The maximum absolute atomic E-state index is 5.30. The summed E-state index contributed by atoms with van der Waals surface area (Å²) in [4.78, 5) is 13.0. The van der Waals surface area contributed by atoms with Crippen LogP contribution in [-0.2, 0) is 0 Å². The van der Waals surface area contributed by atoms with E-state index in [1.165, 1.54) is 0 Å². The van der Waals surface area contributed by atoms with Gasteiger partial charge in [0.1, 0.15) is 5.82 Å². The molecule has 0 fully saturated rings. The Bertz CT molecular complexity index is 552. The van der Waals surface area contributed by atoms with Crippen molar-refractivity contribution in [2.45, 2.75) is 26.7 Å². The molecule has 18 heavy (non-hydrogen) atoms. The molecular formula is C14H17N3O. The molecule has 0 aliphatic rings. The van der Waals surface area contributed by atoms with Gasteiger partial charge < -0.3 is 4.74 Å². The van der Waals surface area contributed by atoms with Crippen LogP contribution in [-0.4, -0.2) is 22.1 Å². The fraction of sp³-hybridized carbons (Fsp3) is 0.357. The number of ether oxygens (including phenoxy) is 1. The molecule has 0 unspecified atom stereocenters. The Morgan fingerprint density at radius 1 is 1.22 bits per heavy atom. The summed E-state index contributed by atoms with van der Waals surface area (Å²) < 4.78 is 5.30. The SMILES string of the molecule is COc1ncccc1-c1nc(C)ncc1C(C)C. The maximum Gasteiger partial charge on any atom is 0.222 e. The van der Waals surface area contributed by atoms with E-state index < -0.39 is 0 Å². The van der Waals surface area contributed by atoms with Crippen LogP contribution in [0.3, 0.4) is 0 Å². The number of aromatic nitrogens is 3. The monoisotopic (exact) mass is 243 g/mol. The van der Waals surface area contributed by atoms with Crippen molar-refractivity contribution >= 4 is 0 Å². The number of hydrogen-bond acceptors (Lipinski definition) is 4. The summed E-state index contributed by atoms with van der Waals surface area (Å²) in [6.07, 6.45) is 3.60. The molecule has 0 aliphatic heterocycles. The first-order chi connectivity index (χ1) is 8.63. The average molecular weight is 243 g/mol. The van der Waals surface area contributed by atoms with Gasteiger partial charge in [0.15, 0.2) is 0 Å². The van der Waals surface area contributed by atoms with E-state index in [4.69, 9.17) is 4.74 Å². The second kappa shape index (κ2) is 5.12. The van der Waals surface area contributed by atoms with Crippen molar-refractivity contribution in [1.82, 2.24) is 15.0 Å². The van der Waals surface area contributed by atoms with Crippen LogP contribution in [0.25, 0.3) is 11.3 Å². The van der Waals surface area contributed by atoms with Crippen LogP contribution in [0.4, 0.5) is 0 Å². The third kappa shape index (κ3) is 2.32. The lowest BCUT2D eigenvalue weighted by Gasteiger charge is -2.13. The first-order valence-electron chi connectivity index (χ1n) is 5.96. The van der Waals surface area contributed by atoms with Crippen LogP contribution in [0.5, 0.6) is 5.88 Å². The van der Waals surface area contributed by atoms with E-state index in [9.17, 15) is 0 Å². The summed E-state index contributed by atoms with van der Waals surface area (Å²) in [5.74, 6) is 1.70. The summed E-state index contributed by atoms with van der Waals surface area (Å²) in [6.45, 7) is 6.14. The van der Waals surface area contributed by atoms with Gasteiger partial charge in [-0.1, -0.05) is 13.8 Å². The first kappa shape index (κ1) is 12.5. The zero-order valence-corrected chi connectivity index (χ0v) is 11.1. The molecule has 0 radical (unpaired) electrons. The standard InChI is InChI=1S/C14H17N3O/c1-9(2)12-8-16-10(3)17-13(12)11-6-5-7-15-14(11)18-4/h5-9H,1-4H3. The van der Waals surface area contributed by atoms with E-state index in [1.807, 2.05) is 25.3 Å². The lowest BCUT2D eigenvalue weighted by Crippen LogP contribution is -2.01. The second-order valence-corrected chi connectivity index (χ2v) is 4.44. The van der Waals surface area contributed by atoms with E-state index >= 15 is 0 Å². The zero-order valence-electron chi connectivity index (χ0n) is 11.1. The molecule has 0 aliphatic carbocycles. The summed E-state index contributed by atoms with van der Waals surface area (Å²) in [6, 6.07) is 3.86. The van der Waals surface area contributed by atoms with Crippen molar-refractivity contribution in [3.05, 3.63) is 35.9 Å². The Labute approximate surface area is 107 Å². The second-order valence-electron chi connectivity index (χ2n) is 4.44. The lowest BCUT2D eigenvalue weighted by atomic mass is 9.99. The molecule has 0 N–H and O–H groups in total. The molecule has 2 heterocycles. The van der Waals surface area contributed by atoms with Crippen molar-refractivity contribution < 1.29 is 4.74 Å². The van der Waals surface area contributed by atoms with Crippen LogP contribution >= 0.6 is 0 Å². The van der Waals surface area contributed by atoms with Gasteiger partial charge in [0.05, 0.1) is 18.4 Å². The fourth-order valence-corrected chi connectivity index (χ4v) is 1.85. The molecule has 4 heteroatoms. The average Bonchev–Trinajstić information content (AvgIpc) is 2.38. The van der Waals surface area contributed by atoms with Gasteiger partial charge in [-0.15, -0.1) is 0 Å². The van der Waals surface area contributed by atoms with Gasteiger partial charge in [0.2, 0.25) is 5.88 Å². The number of nitrogens with zero attached hydrogens (tertiary/aromatic N) is 3. The van der Waals surface area contributed by atoms with Crippen molar-refractivity contribution in [2.24, 2.45) is 0 Å². The molecule has 0 amide bonds. The minimum atomic E-state index is 0.352. The largest absolute Gasteiger partial charge is 0.481 e. The topological polar surface area (TPSA) is 47.9 Å². The Balaban J connectivity index is 2.65. The lowest BCUT2D eigenvalue weighted by molar-refractivity contribution is 0.399. The van der Waals surface area contributed by atoms with Crippen LogP contribution in [0, 0.1) is 6.92 Å². The fourth-order valence-electron chi connectivity index (χ4n) is 1.85. The van der Waals surface area contributed by atoms with Crippen LogP contribution in [0.15, 0.2) is 24.5 Å². The third-order valence-electron chi connectivity index (χ3n) is 2.78. The van der Waals surface area contributed by atoms with Crippen molar-refractivity contribution in [3.63, 3.8) is 0 Å². The molecular weight excluding hydrogens is 226 g/mol. The van der Waals surface area contributed by atoms with Crippen molar-refractivity contribution in [1.29, 1.82) is 0 Å². The van der Waals surface area contributed by atoms with E-state index in [2.05, 4.69) is 28.8 Å². The van der Waals surface area contributed by atoms with E-state index in [1.54, 1.807) is 13.3 Å². The zero-order chi connectivity index (χ0) is 13.1. The molecule has 4 nitrogen and oxygen atoms in total.